The molecule has 3 heteroatoms. The van der Waals surface area contributed by atoms with Crippen molar-refractivity contribution >= 4 is 5.71 Å². The van der Waals surface area contributed by atoms with Crippen LogP contribution in [0.4, 0.5) is 0 Å². The van der Waals surface area contributed by atoms with Gasteiger partial charge in [-0.15, -0.1) is 0 Å². The van der Waals surface area contributed by atoms with Crippen LogP contribution in [0.5, 0.6) is 0 Å². The fourth-order valence-corrected chi connectivity index (χ4v) is 1.11. The van der Waals surface area contributed by atoms with Gasteiger partial charge in [0.15, 0.2) is 0 Å². The van der Waals surface area contributed by atoms with Gasteiger partial charge in [-0.05, 0) is 13.3 Å². The number of nitrogens with zero attached hydrogens (tertiary/aromatic N) is 2. The second kappa shape index (κ2) is 2.35. The van der Waals surface area contributed by atoms with Crippen LogP contribution in [0, 0.1) is 5.92 Å². The van der Waals surface area contributed by atoms with Gasteiger partial charge < -0.3 is 0 Å². The van der Waals surface area contributed by atoms with E-state index in [4.69, 9.17) is 5.84 Å². The highest BCUT2D eigenvalue weighted by molar-refractivity contribution is 5.85. The second-order valence-electron chi connectivity index (χ2n) is 2.47. The topological polar surface area (TPSA) is 41.6 Å². The lowest BCUT2D eigenvalue weighted by Crippen LogP contribution is -2.24. The first kappa shape index (κ1) is 6.55. The number of rotatable bonds is 1. The molecule has 0 saturated carbocycles. The average molecular weight is 127 g/mol. The van der Waals surface area contributed by atoms with Crippen molar-refractivity contribution in [1.82, 2.24) is 5.12 Å². The number of nitrogens with two attached hydrogens (primary N) is 1. The van der Waals surface area contributed by atoms with Crippen LogP contribution in [0.1, 0.15) is 20.3 Å². The standard InChI is InChI=1S/C6H13N3/c1-3-6-4-9(7)8-5(6)2/h6H,3-4,7H2,1-2H3. The molecule has 1 atom stereocenters. The molecule has 3 nitrogen and oxygen atoms in total. The van der Waals surface area contributed by atoms with E-state index in [9.17, 15) is 0 Å². The largest absolute Gasteiger partial charge is 0.232 e. The second-order valence-corrected chi connectivity index (χ2v) is 2.47. The minimum absolute atomic E-state index is 0.593. The normalized spacial score (nSPS) is 26.8. The molecule has 0 amide bonds. The van der Waals surface area contributed by atoms with Gasteiger partial charge in [0.25, 0.3) is 0 Å². The third-order valence-electron chi connectivity index (χ3n) is 1.78. The zero-order chi connectivity index (χ0) is 6.85. The molecule has 0 aliphatic carbocycles. The summed E-state index contributed by atoms with van der Waals surface area (Å²) in [7, 11) is 0. The van der Waals surface area contributed by atoms with E-state index in [0.717, 1.165) is 13.0 Å². The number of hydrogen-bond acceptors (Lipinski definition) is 3. The lowest BCUT2D eigenvalue weighted by Gasteiger charge is -2.06. The molecule has 0 fully saturated rings. The maximum absolute atomic E-state index is 5.44. The molecule has 1 heterocycles. The first-order valence-corrected chi connectivity index (χ1v) is 3.31. The smallest absolute Gasteiger partial charge is 0.0611 e. The quantitative estimate of drug-likeness (QED) is 0.523. The van der Waals surface area contributed by atoms with Gasteiger partial charge in [0.05, 0.1) is 6.54 Å². The Labute approximate surface area is 55.5 Å². The maximum atomic E-state index is 5.44. The Morgan fingerprint density at radius 1 is 1.89 bits per heavy atom. The molecule has 0 radical (unpaired) electrons. The van der Waals surface area contributed by atoms with E-state index in [1.54, 1.807) is 0 Å². The lowest BCUT2D eigenvalue weighted by atomic mass is 10.0. The van der Waals surface area contributed by atoms with E-state index in [-0.39, 0.29) is 0 Å². The van der Waals surface area contributed by atoms with Crippen LogP contribution in [-0.2, 0) is 0 Å². The molecule has 0 saturated heterocycles. The summed E-state index contributed by atoms with van der Waals surface area (Å²) in [5.41, 5.74) is 1.17. The summed E-state index contributed by atoms with van der Waals surface area (Å²) in [4.78, 5) is 0. The molecule has 0 bridgehead atoms. The van der Waals surface area contributed by atoms with Crippen molar-refractivity contribution in [1.29, 1.82) is 0 Å². The molecule has 0 aromatic carbocycles. The van der Waals surface area contributed by atoms with Gasteiger partial charge in [-0.1, -0.05) is 6.92 Å². The highest BCUT2D eigenvalue weighted by Crippen LogP contribution is 2.12. The van der Waals surface area contributed by atoms with E-state index >= 15 is 0 Å². The van der Waals surface area contributed by atoms with Crippen LogP contribution in [0.15, 0.2) is 5.10 Å². The molecule has 0 spiro atoms. The van der Waals surface area contributed by atoms with Gasteiger partial charge in [-0.25, -0.2) is 11.0 Å². The average Bonchev–Trinajstić information content (AvgIpc) is 2.10. The first-order valence-electron chi connectivity index (χ1n) is 3.31. The first-order chi connectivity index (χ1) is 4.24. The molecular weight excluding hydrogens is 114 g/mol. The number of hydrogen-bond donors (Lipinski definition) is 1. The minimum Gasteiger partial charge on any atom is -0.232 e. The summed E-state index contributed by atoms with van der Waals surface area (Å²) >= 11 is 0. The Morgan fingerprint density at radius 3 is 2.78 bits per heavy atom. The number of hydrazone groups is 1. The van der Waals surface area contributed by atoms with Crippen molar-refractivity contribution in [2.24, 2.45) is 16.9 Å². The van der Waals surface area contributed by atoms with E-state index in [2.05, 4.69) is 12.0 Å². The van der Waals surface area contributed by atoms with Gasteiger partial charge in [-0.2, -0.15) is 5.10 Å². The zero-order valence-corrected chi connectivity index (χ0v) is 5.96. The third-order valence-corrected chi connectivity index (χ3v) is 1.78. The van der Waals surface area contributed by atoms with E-state index in [1.165, 1.54) is 10.8 Å². The van der Waals surface area contributed by atoms with Crippen molar-refractivity contribution in [3.63, 3.8) is 0 Å². The van der Waals surface area contributed by atoms with Gasteiger partial charge in [-0.3, -0.25) is 0 Å². The Morgan fingerprint density at radius 2 is 2.56 bits per heavy atom. The summed E-state index contributed by atoms with van der Waals surface area (Å²) in [6, 6.07) is 0. The van der Waals surface area contributed by atoms with Gasteiger partial charge in [0, 0.05) is 11.6 Å². The van der Waals surface area contributed by atoms with Crippen molar-refractivity contribution in [3.05, 3.63) is 0 Å². The molecule has 1 unspecified atom stereocenters. The lowest BCUT2D eigenvalue weighted by molar-refractivity contribution is 0.305. The summed E-state index contributed by atoms with van der Waals surface area (Å²) in [6.45, 7) is 5.08. The van der Waals surface area contributed by atoms with Gasteiger partial charge in [0.2, 0.25) is 0 Å². The highest BCUT2D eigenvalue weighted by atomic mass is 15.6. The predicted octanol–water partition coefficient (Wildman–Crippen LogP) is 0.578. The molecule has 1 rings (SSSR count). The molecule has 52 valence electrons. The summed E-state index contributed by atoms with van der Waals surface area (Å²) in [5, 5.41) is 5.59. The van der Waals surface area contributed by atoms with Gasteiger partial charge >= 0.3 is 0 Å². The Kier molecular flexibility index (Phi) is 1.71. The predicted molar refractivity (Wildman–Crippen MR) is 37.8 cm³/mol. The van der Waals surface area contributed by atoms with Crippen molar-refractivity contribution in [2.45, 2.75) is 20.3 Å². The summed E-state index contributed by atoms with van der Waals surface area (Å²) in [6.07, 6.45) is 1.14. The molecular formula is C6H13N3. The van der Waals surface area contributed by atoms with E-state index < -0.39 is 0 Å². The summed E-state index contributed by atoms with van der Waals surface area (Å²) in [5.74, 6) is 6.03. The molecule has 1 aliphatic heterocycles. The van der Waals surface area contributed by atoms with Crippen LogP contribution in [0.3, 0.4) is 0 Å². The SMILES string of the molecule is CCC1CN(N)N=C1C. The van der Waals surface area contributed by atoms with E-state index in [0.29, 0.717) is 5.92 Å². The molecule has 9 heavy (non-hydrogen) atoms. The van der Waals surface area contributed by atoms with Crippen LogP contribution < -0.4 is 5.84 Å². The van der Waals surface area contributed by atoms with Gasteiger partial charge in [0.1, 0.15) is 0 Å². The fraction of sp³-hybridized carbons (Fsp3) is 0.833. The minimum atomic E-state index is 0.593. The fourth-order valence-electron chi connectivity index (χ4n) is 1.11. The number of hydrazine groups is 1. The van der Waals surface area contributed by atoms with Crippen LogP contribution in [0.2, 0.25) is 0 Å². The Hall–Kier alpha value is -0.570. The Balaban J connectivity index is 2.53. The van der Waals surface area contributed by atoms with Crippen molar-refractivity contribution in [2.75, 3.05) is 6.54 Å². The van der Waals surface area contributed by atoms with Crippen LogP contribution >= 0.6 is 0 Å². The molecule has 2 N–H and O–H groups in total. The van der Waals surface area contributed by atoms with Crippen molar-refractivity contribution in [3.8, 4) is 0 Å². The monoisotopic (exact) mass is 127 g/mol. The van der Waals surface area contributed by atoms with E-state index in [1.807, 2.05) is 6.92 Å². The van der Waals surface area contributed by atoms with Crippen LogP contribution in [0.25, 0.3) is 0 Å². The molecule has 0 aromatic heterocycles. The van der Waals surface area contributed by atoms with Crippen molar-refractivity contribution < 1.29 is 0 Å². The highest BCUT2D eigenvalue weighted by Gasteiger charge is 2.18. The van der Waals surface area contributed by atoms with Crippen LogP contribution in [-0.4, -0.2) is 17.4 Å². The Bertz CT molecular complexity index is 130. The third kappa shape index (κ3) is 1.21. The maximum Gasteiger partial charge on any atom is 0.0611 e. The molecule has 1 aliphatic rings. The molecule has 0 aromatic rings. The zero-order valence-electron chi connectivity index (χ0n) is 5.96. The summed E-state index contributed by atoms with van der Waals surface area (Å²) < 4.78 is 0.